The van der Waals surface area contributed by atoms with Crippen LogP contribution in [0.1, 0.15) is 13.8 Å². The molecule has 4 heteroatoms. The maximum absolute atomic E-state index is 6.44. The molecule has 0 aliphatic carbocycles. The van der Waals surface area contributed by atoms with Gasteiger partial charge in [-0.2, -0.15) is 6.04 Å². The second kappa shape index (κ2) is 10.00. The Kier molecular flexibility index (Phi) is 10.0. The summed E-state index contributed by atoms with van der Waals surface area (Å²) in [6.07, 6.45) is 0.203. The molecule has 0 fully saturated rings. The molecule has 21 heavy (non-hydrogen) atoms. The van der Waals surface area contributed by atoms with Crippen molar-refractivity contribution in [1.82, 2.24) is 0 Å². The molecular formula is C17H21IMgOSi. The Balaban J connectivity index is 0.00000200. The Hall–Kier alpha value is 0.113. The van der Waals surface area contributed by atoms with E-state index in [1.165, 1.54) is 10.4 Å². The predicted molar refractivity (Wildman–Crippen MR) is 90.0 cm³/mol. The molecule has 0 aliphatic heterocycles. The summed E-state index contributed by atoms with van der Waals surface area (Å²) in [6, 6.07) is 21.9. The van der Waals surface area contributed by atoms with Gasteiger partial charge in [0, 0.05) is 6.10 Å². The molecule has 2 aromatic carbocycles. The molecule has 0 amide bonds. The summed E-state index contributed by atoms with van der Waals surface area (Å²) in [4.78, 5) is 0. The summed E-state index contributed by atoms with van der Waals surface area (Å²) in [5, 5.41) is 2.59. The van der Waals surface area contributed by atoms with Crippen LogP contribution in [0.15, 0.2) is 60.7 Å². The first-order chi connectivity index (χ1) is 9.19. The SMILES string of the molecule is [CH2-]C[Si](OC(C)C)(c1ccccc1)c1ccccc1.[I-].[Mg+2]. The van der Waals surface area contributed by atoms with Gasteiger partial charge in [0.05, 0.1) is 0 Å². The van der Waals surface area contributed by atoms with Gasteiger partial charge in [0.15, 0.2) is 0 Å². The van der Waals surface area contributed by atoms with Crippen molar-refractivity contribution in [3.05, 3.63) is 67.6 Å². The smallest absolute Gasteiger partial charge is 1.00 e. The van der Waals surface area contributed by atoms with Crippen LogP contribution in [0.25, 0.3) is 0 Å². The monoisotopic (exact) mass is 420 g/mol. The van der Waals surface area contributed by atoms with E-state index in [4.69, 9.17) is 4.43 Å². The fourth-order valence-electron chi connectivity index (χ4n) is 2.47. The van der Waals surface area contributed by atoms with E-state index in [-0.39, 0.29) is 53.1 Å². The van der Waals surface area contributed by atoms with E-state index >= 15 is 0 Å². The van der Waals surface area contributed by atoms with Crippen molar-refractivity contribution in [3.63, 3.8) is 0 Å². The van der Waals surface area contributed by atoms with Crippen molar-refractivity contribution in [2.45, 2.75) is 26.0 Å². The molecule has 2 rings (SSSR count). The van der Waals surface area contributed by atoms with Crippen molar-refractivity contribution in [3.8, 4) is 0 Å². The number of benzene rings is 2. The van der Waals surface area contributed by atoms with Crippen LogP contribution in [0.2, 0.25) is 6.04 Å². The van der Waals surface area contributed by atoms with Crippen LogP contribution in [0.5, 0.6) is 0 Å². The Morgan fingerprint density at radius 3 is 1.57 bits per heavy atom. The van der Waals surface area contributed by atoms with Crippen molar-refractivity contribution in [2.75, 3.05) is 0 Å². The average molecular weight is 421 g/mol. The van der Waals surface area contributed by atoms with Crippen molar-refractivity contribution in [1.29, 1.82) is 0 Å². The summed E-state index contributed by atoms with van der Waals surface area (Å²) in [5.74, 6) is 0. The third-order valence-corrected chi connectivity index (χ3v) is 7.38. The van der Waals surface area contributed by atoms with Crippen LogP contribution < -0.4 is 34.4 Å². The molecular weight excluding hydrogens is 399 g/mol. The Morgan fingerprint density at radius 2 is 1.29 bits per heavy atom. The van der Waals surface area contributed by atoms with Gasteiger partial charge in [0.1, 0.15) is 0 Å². The Bertz CT molecular complexity index is 465. The summed E-state index contributed by atoms with van der Waals surface area (Å²) in [6.45, 7) is 8.40. The fraction of sp³-hybridized carbons (Fsp3) is 0.235. The zero-order valence-electron chi connectivity index (χ0n) is 12.8. The molecule has 0 atom stereocenters. The first-order valence-electron chi connectivity index (χ1n) is 6.77. The molecule has 0 aromatic heterocycles. The minimum absolute atomic E-state index is 0. The Morgan fingerprint density at radius 1 is 0.905 bits per heavy atom. The van der Waals surface area contributed by atoms with E-state index in [9.17, 15) is 0 Å². The molecule has 0 spiro atoms. The van der Waals surface area contributed by atoms with Gasteiger partial charge in [-0.15, -0.1) is 0 Å². The van der Waals surface area contributed by atoms with Gasteiger partial charge in [-0.1, -0.05) is 60.7 Å². The molecule has 0 bridgehead atoms. The predicted octanol–water partition coefficient (Wildman–Crippen LogP) is -0.371. The van der Waals surface area contributed by atoms with E-state index in [0.717, 1.165) is 6.04 Å². The Labute approximate surface area is 162 Å². The topological polar surface area (TPSA) is 9.23 Å². The van der Waals surface area contributed by atoms with Crippen LogP contribution in [0.4, 0.5) is 0 Å². The number of hydrogen-bond donors (Lipinski definition) is 0. The maximum Gasteiger partial charge on any atom is 2.00 e. The number of halogens is 1. The van der Waals surface area contributed by atoms with Crippen LogP contribution in [-0.2, 0) is 4.43 Å². The van der Waals surface area contributed by atoms with E-state index < -0.39 is 8.32 Å². The van der Waals surface area contributed by atoms with Crippen LogP contribution >= 0.6 is 0 Å². The molecule has 0 heterocycles. The fourth-order valence-corrected chi connectivity index (χ4v) is 6.03. The third-order valence-electron chi connectivity index (χ3n) is 3.27. The van der Waals surface area contributed by atoms with Crippen LogP contribution in [-0.4, -0.2) is 37.5 Å². The molecule has 0 aliphatic rings. The zero-order chi connectivity index (χ0) is 13.7. The van der Waals surface area contributed by atoms with Gasteiger partial charge >= 0.3 is 23.1 Å². The van der Waals surface area contributed by atoms with Crippen LogP contribution in [0, 0.1) is 6.92 Å². The van der Waals surface area contributed by atoms with Crippen LogP contribution in [0.3, 0.4) is 0 Å². The van der Waals surface area contributed by atoms with E-state index in [2.05, 4.69) is 69.3 Å². The minimum Gasteiger partial charge on any atom is -1.00 e. The van der Waals surface area contributed by atoms with Gasteiger partial charge in [0.25, 0.3) is 0 Å². The molecule has 2 aromatic rings. The van der Waals surface area contributed by atoms with E-state index in [0.29, 0.717) is 0 Å². The van der Waals surface area contributed by atoms with E-state index in [1.54, 1.807) is 0 Å². The van der Waals surface area contributed by atoms with Gasteiger partial charge in [-0.3, -0.25) is 0 Å². The quantitative estimate of drug-likeness (QED) is 0.364. The average Bonchev–Trinajstić information content (AvgIpc) is 2.46. The normalized spacial score (nSPS) is 10.7. The van der Waals surface area contributed by atoms with E-state index in [1.807, 2.05) is 12.1 Å². The zero-order valence-corrected chi connectivity index (χ0v) is 17.3. The molecule has 0 saturated heterocycles. The molecule has 0 radical (unpaired) electrons. The second-order valence-corrected chi connectivity index (χ2v) is 8.52. The molecule has 0 N–H and O–H groups in total. The maximum atomic E-state index is 6.44. The van der Waals surface area contributed by atoms with Gasteiger partial charge in [-0.25, -0.2) is 0 Å². The first-order valence-corrected chi connectivity index (χ1v) is 8.88. The molecule has 0 unspecified atom stereocenters. The molecule has 0 saturated carbocycles. The summed E-state index contributed by atoms with van der Waals surface area (Å²) < 4.78 is 6.44. The largest absolute Gasteiger partial charge is 2.00 e. The van der Waals surface area contributed by atoms with Gasteiger partial charge in [-0.05, 0) is 24.2 Å². The van der Waals surface area contributed by atoms with Crippen molar-refractivity contribution < 1.29 is 28.4 Å². The first kappa shape index (κ1) is 21.1. The number of rotatable bonds is 5. The summed E-state index contributed by atoms with van der Waals surface area (Å²) >= 11 is 0. The number of hydrogen-bond acceptors (Lipinski definition) is 1. The minimum atomic E-state index is -2.20. The van der Waals surface area contributed by atoms with Crippen molar-refractivity contribution in [2.24, 2.45) is 0 Å². The summed E-state index contributed by atoms with van der Waals surface area (Å²) in [5.41, 5.74) is 0. The van der Waals surface area contributed by atoms with Gasteiger partial charge < -0.3 is 35.3 Å². The van der Waals surface area contributed by atoms with Crippen molar-refractivity contribution >= 4 is 41.7 Å². The molecule has 108 valence electrons. The molecule has 1 nitrogen and oxygen atoms in total. The third kappa shape index (κ3) is 5.06. The summed E-state index contributed by atoms with van der Waals surface area (Å²) in [7, 11) is -2.20. The van der Waals surface area contributed by atoms with Gasteiger partial charge in [0.2, 0.25) is 8.32 Å². The second-order valence-electron chi connectivity index (χ2n) is 4.98. The standard InChI is InChI=1S/C17H21OSi.HI.Mg/c1-4-19(18-15(2)3,16-11-7-5-8-12-16)17-13-9-6-10-14-17;;/h5-15H,1,4H2,2-3H3;1H;/q-1;;+2/p-1.